The van der Waals surface area contributed by atoms with Crippen LogP contribution in [-0.2, 0) is 14.4 Å². The van der Waals surface area contributed by atoms with Crippen molar-refractivity contribution in [3.63, 3.8) is 0 Å². The Morgan fingerprint density at radius 1 is 0.900 bits per heavy atom. The van der Waals surface area contributed by atoms with Crippen LogP contribution in [0.1, 0.15) is 12.5 Å². The largest absolute Gasteiger partial charge is 0.335 e. The van der Waals surface area contributed by atoms with Gasteiger partial charge in [-0.3, -0.25) is 19.7 Å². The number of urea groups is 1. The monoisotopic (exact) mass is 402 g/mol. The summed E-state index contributed by atoms with van der Waals surface area (Å²) in [5.41, 5.74) is 2.03. The van der Waals surface area contributed by atoms with Crippen LogP contribution in [0.3, 0.4) is 0 Å². The lowest BCUT2D eigenvalue weighted by atomic mass is 9.98. The van der Waals surface area contributed by atoms with Gasteiger partial charge >= 0.3 is 6.03 Å². The second-order valence-corrected chi connectivity index (χ2v) is 7.02. The first kappa shape index (κ1) is 19.3. The van der Waals surface area contributed by atoms with Gasteiger partial charge in [0.15, 0.2) is 0 Å². The summed E-state index contributed by atoms with van der Waals surface area (Å²) in [6.45, 7) is 3.53. The molecular weight excluding hydrogens is 384 g/mol. The summed E-state index contributed by atoms with van der Waals surface area (Å²) in [6, 6.07) is 14.8. The Hall–Kier alpha value is -4.07. The average molecular weight is 402 g/mol. The number of nitrogens with zero attached hydrogens (tertiary/aromatic N) is 3. The van der Waals surface area contributed by atoms with Gasteiger partial charge in [-0.05, 0) is 44.2 Å². The molecule has 2 aliphatic rings. The molecule has 1 atom stereocenters. The van der Waals surface area contributed by atoms with Crippen LogP contribution in [0.4, 0.5) is 16.2 Å². The third-order valence-corrected chi connectivity index (χ3v) is 4.91. The van der Waals surface area contributed by atoms with Crippen LogP contribution in [0.25, 0.3) is 0 Å². The van der Waals surface area contributed by atoms with Gasteiger partial charge in [-0.1, -0.05) is 35.9 Å². The second-order valence-electron chi connectivity index (χ2n) is 7.02. The number of hydrazone groups is 1. The van der Waals surface area contributed by atoms with Crippen LogP contribution in [-0.4, -0.2) is 29.5 Å². The summed E-state index contributed by atoms with van der Waals surface area (Å²) in [4.78, 5) is 51.5. The van der Waals surface area contributed by atoms with Gasteiger partial charge in [0.25, 0.3) is 17.7 Å². The molecule has 0 unspecified atom stereocenters. The number of hydrogen-bond acceptors (Lipinski definition) is 5. The molecule has 1 N–H and O–H groups in total. The number of carbonyl (C=O) groups excluding carboxylic acids is 4. The van der Waals surface area contributed by atoms with Gasteiger partial charge in [0.2, 0.25) is 0 Å². The molecule has 1 fully saturated rings. The summed E-state index contributed by atoms with van der Waals surface area (Å²) in [5.74, 6) is -2.90. The molecule has 0 saturated carbocycles. The highest BCUT2D eigenvalue weighted by Crippen LogP contribution is 2.27. The molecule has 30 heavy (non-hydrogen) atoms. The topological polar surface area (TPSA) is 99.2 Å². The molecule has 4 rings (SSSR count). The predicted octanol–water partition coefficient (Wildman–Crippen LogP) is 2.54. The van der Waals surface area contributed by atoms with Crippen molar-refractivity contribution in [3.05, 3.63) is 71.8 Å². The molecule has 0 bridgehead atoms. The van der Waals surface area contributed by atoms with E-state index in [0.717, 1.165) is 10.5 Å². The summed E-state index contributed by atoms with van der Waals surface area (Å²) >= 11 is 0. The lowest BCUT2D eigenvalue weighted by Crippen LogP contribution is -2.54. The number of hydrogen-bond donors (Lipinski definition) is 1. The number of nitrogens with one attached hydrogen (secondary N) is 1. The number of aryl methyl sites for hydroxylation is 1. The van der Waals surface area contributed by atoms with E-state index in [0.29, 0.717) is 17.1 Å². The molecule has 2 aromatic rings. The molecule has 8 nitrogen and oxygen atoms in total. The van der Waals surface area contributed by atoms with Crippen molar-refractivity contribution in [2.45, 2.75) is 13.8 Å². The van der Waals surface area contributed by atoms with Crippen molar-refractivity contribution in [2.24, 2.45) is 11.0 Å². The van der Waals surface area contributed by atoms with E-state index in [9.17, 15) is 19.2 Å². The maximum atomic E-state index is 13.0. The molecule has 150 valence electrons. The Kier molecular flexibility index (Phi) is 4.75. The fraction of sp³-hybridized carbons (Fsp3) is 0.136. The molecule has 2 aliphatic heterocycles. The Bertz CT molecular complexity index is 1120. The normalized spacial score (nSPS) is 20.7. The quantitative estimate of drug-likeness (QED) is 0.630. The van der Waals surface area contributed by atoms with Gasteiger partial charge in [0, 0.05) is 0 Å². The first-order valence-electron chi connectivity index (χ1n) is 9.29. The molecule has 5 amide bonds. The van der Waals surface area contributed by atoms with E-state index in [4.69, 9.17) is 0 Å². The fourth-order valence-corrected chi connectivity index (χ4v) is 3.30. The standard InChI is InChI=1S/C22H18N4O4/c1-13-8-10-15(11-9-13)25-20(28)18(19(27)23-22(25)30)12-17-14(2)24-26(21(17)29)16-6-4-3-5-7-16/h3-12,17H,1-2H3,(H,23,27,30)/b18-12+/t17-/m0/s1. The maximum absolute atomic E-state index is 13.0. The second kappa shape index (κ2) is 7.40. The van der Waals surface area contributed by atoms with Crippen molar-refractivity contribution in [2.75, 3.05) is 9.91 Å². The summed E-state index contributed by atoms with van der Waals surface area (Å²) < 4.78 is 0. The maximum Gasteiger partial charge on any atom is 0.335 e. The Morgan fingerprint density at radius 3 is 2.23 bits per heavy atom. The molecular formula is C22H18N4O4. The number of imide groups is 2. The predicted molar refractivity (Wildman–Crippen MR) is 111 cm³/mol. The van der Waals surface area contributed by atoms with Crippen LogP contribution >= 0.6 is 0 Å². The van der Waals surface area contributed by atoms with Gasteiger partial charge in [-0.25, -0.2) is 9.69 Å². The van der Waals surface area contributed by atoms with Crippen LogP contribution in [0, 0.1) is 12.8 Å². The Balaban J connectivity index is 1.67. The van der Waals surface area contributed by atoms with Gasteiger partial charge in [0.05, 0.1) is 23.0 Å². The Labute approximate surface area is 172 Å². The minimum absolute atomic E-state index is 0.280. The fourth-order valence-electron chi connectivity index (χ4n) is 3.30. The van der Waals surface area contributed by atoms with E-state index in [-0.39, 0.29) is 11.5 Å². The Morgan fingerprint density at radius 2 is 1.57 bits per heavy atom. The molecule has 0 spiro atoms. The van der Waals surface area contributed by atoms with E-state index in [2.05, 4.69) is 10.4 Å². The summed E-state index contributed by atoms with van der Waals surface area (Å²) in [6.07, 6.45) is 1.27. The van der Waals surface area contributed by atoms with Gasteiger partial charge < -0.3 is 0 Å². The first-order valence-corrected chi connectivity index (χ1v) is 9.29. The molecule has 2 aromatic carbocycles. The van der Waals surface area contributed by atoms with E-state index in [1.54, 1.807) is 55.5 Å². The van der Waals surface area contributed by atoms with Crippen LogP contribution in [0.5, 0.6) is 0 Å². The number of barbiturate groups is 1. The molecule has 0 radical (unpaired) electrons. The molecule has 0 aromatic heterocycles. The number of anilines is 2. The van der Waals surface area contributed by atoms with E-state index < -0.39 is 23.8 Å². The van der Waals surface area contributed by atoms with Crippen LogP contribution in [0.15, 0.2) is 71.3 Å². The van der Waals surface area contributed by atoms with Gasteiger partial charge in [-0.15, -0.1) is 0 Å². The number of para-hydroxylation sites is 1. The van der Waals surface area contributed by atoms with Crippen molar-refractivity contribution in [3.8, 4) is 0 Å². The van der Waals surface area contributed by atoms with Crippen molar-refractivity contribution in [1.29, 1.82) is 0 Å². The molecule has 1 saturated heterocycles. The van der Waals surface area contributed by atoms with Gasteiger partial charge in [0.1, 0.15) is 5.57 Å². The average Bonchev–Trinajstić information content (AvgIpc) is 3.01. The van der Waals surface area contributed by atoms with Crippen LogP contribution in [0.2, 0.25) is 0 Å². The van der Waals surface area contributed by atoms with Gasteiger partial charge in [-0.2, -0.15) is 10.1 Å². The zero-order valence-corrected chi connectivity index (χ0v) is 16.3. The molecule has 2 heterocycles. The van der Waals surface area contributed by atoms with Crippen molar-refractivity contribution < 1.29 is 19.2 Å². The smallest absolute Gasteiger partial charge is 0.273 e. The summed E-state index contributed by atoms with van der Waals surface area (Å²) in [7, 11) is 0. The number of rotatable bonds is 3. The lowest BCUT2D eigenvalue weighted by Gasteiger charge is -2.26. The molecule has 8 heteroatoms. The first-order chi connectivity index (χ1) is 14.4. The highest BCUT2D eigenvalue weighted by Gasteiger charge is 2.40. The number of amides is 5. The third kappa shape index (κ3) is 3.28. The zero-order chi connectivity index (χ0) is 21.4. The SMILES string of the molecule is CC1=NN(c2ccccc2)C(=O)[C@H]1/C=C1\C(=O)NC(=O)N(c2ccc(C)cc2)C1=O. The van der Waals surface area contributed by atoms with E-state index >= 15 is 0 Å². The third-order valence-electron chi connectivity index (χ3n) is 4.91. The number of benzene rings is 2. The summed E-state index contributed by atoms with van der Waals surface area (Å²) in [5, 5.41) is 7.68. The van der Waals surface area contributed by atoms with E-state index in [1.807, 2.05) is 13.0 Å². The highest BCUT2D eigenvalue weighted by molar-refractivity contribution is 6.38. The lowest BCUT2D eigenvalue weighted by molar-refractivity contribution is -0.122. The van der Waals surface area contributed by atoms with E-state index in [1.165, 1.54) is 11.1 Å². The molecule has 0 aliphatic carbocycles. The minimum Gasteiger partial charge on any atom is -0.273 e. The van der Waals surface area contributed by atoms with Crippen LogP contribution < -0.4 is 15.2 Å². The zero-order valence-electron chi connectivity index (χ0n) is 16.3. The number of carbonyl (C=O) groups is 4. The minimum atomic E-state index is -0.886. The van der Waals surface area contributed by atoms with Crippen molar-refractivity contribution in [1.82, 2.24) is 5.32 Å². The highest BCUT2D eigenvalue weighted by atomic mass is 16.2. The van der Waals surface area contributed by atoms with Crippen molar-refractivity contribution >= 4 is 40.8 Å².